The molecule has 0 saturated carbocycles. The Morgan fingerprint density at radius 1 is 1.19 bits per heavy atom. The van der Waals surface area contributed by atoms with E-state index in [2.05, 4.69) is 16.8 Å². The Labute approximate surface area is 158 Å². The van der Waals surface area contributed by atoms with Crippen LogP contribution >= 0.6 is 0 Å². The molecule has 0 unspecified atom stereocenters. The molecule has 3 rings (SSSR count). The van der Waals surface area contributed by atoms with Gasteiger partial charge in [-0.3, -0.25) is 0 Å². The molecule has 0 bridgehead atoms. The quantitative estimate of drug-likeness (QED) is 0.408. The molecule has 1 heterocycles. The van der Waals surface area contributed by atoms with E-state index in [0.29, 0.717) is 30.7 Å². The van der Waals surface area contributed by atoms with Gasteiger partial charge in [0.2, 0.25) is 0 Å². The van der Waals surface area contributed by atoms with Gasteiger partial charge in [0.1, 0.15) is 22.5 Å². The van der Waals surface area contributed by atoms with Gasteiger partial charge in [-0.25, -0.2) is 4.79 Å². The fourth-order valence-electron chi connectivity index (χ4n) is 2.83. The maximum Gasteiger partial charge on any atom is 0.333 e. The average molecular weight is 365 g/mol. The van der Waals surface area contributed by atoms with Crippen LogP contribution in [0.25, 0.3) is 16.7 Å². The zero-order chi connectivity index (χ0) is 19.6. The van der Waals surface area contributed by atoms with Crippen LogP contribution in [-0.2, 0) is 16.0 Å². The Morgan fingerprint density at radius 3 is 2.67 bits per heavy atom. The lowest BCUT2D eigenvalue weighted by Gasteiger charge is -2.10. The lowest BCUT2D eigenvalue weighted by Crippen LogP contribution is -2.07. The summed E-state index contributed by atoms with van der Waals surface area (Å²) in [6.07, 6.45) is 1.38. The van der Waals surface area contributed by atoms with Crippen LogP contribution in [0.4, 0.5) is 0 Å². The van der Waals surface area contributed by atoms with Crippen LogP contribution in [0.1, 0.15) is 30.0 Å². The van der Waals surface area contributed by atoms with Crippen molar-refractivity contribution < 1.29 is 14.6 Å². The van der Waals surface area contributed by atoms with E-state index in [4.69, 9.17) is 4.74 Å². The zero-order valence-corrected chi connectivity index (χ0v) is 15.8. The number of ether oxygens (including phenoxy) is 1. The molecule has 3 aromatic rings. The molecular formula is C21H23N3O3. The van der Waals surface area contributed by atoms with Gasteiger partial charge in [-0.05, 0) is 68.5 Å². The normalized spacial score (nSPS) is 10.9. The molecule has 0 atom stereocenters. The van der Waals surface area contributed by atoms with Gasteiger partial charge in [0.15, 0.2) is 0 Å². The van der Waals surface area contributed by atoms with Gasteiger partial charge in [0.05, 0.1) is 6.61 Å². The fourth-order valence-corrected chi connectivity index (χ4v) is 2.83. The number of hydrogen-bond acceptors (Lipinski definition) is 5. The molecule has 2 aromatic carbocycles. The fraction of sp³-hybridized carbons (Fsp3) is 0.286. The monoisotopic (exact) mass is 365 g/mol. The number of phenols is 1. The van der Waals surface area contributed by atoms with E-state index in [9.17, 15) is 9.90 Å². The molecule has 1 aromatic heterocycles. The standard InChI is InChI=1S/C21H23N3O3/c1-13(2)21(26)27-9-5-6-16-11-15(4)20(25)19(12-16)24-22-17-8-7-14(3)10-18(17)23-24/h7-8,10-12,25H,1,5-6,9H2,2-4H3. The number of carbonyl (C=O) groups is 1. The third kappa shape index (κ3) is 4.16. The van der Waals surface area contributed by atoms with Crippen LogP contribution in [0.5, 0.6) is 5.75 Å². The second kappa shape index (κ2) is 7.61. The van der Waals surface area contributed by atoms with Crippen LogP contribution < -0.4 is 0 Å². The van der Waals surface area contributed by atoms with Crippen LogP contribution in [0, 0.1) is 13.8 Å². The first-order chi connectivity index (χ1) is 12.8. The topological polar surface area (TPSA) is 77.2 Å². The summed E-state index contributed by atoms with van der Waals surface area (Å²) in [5.74, 6) is -0.218. The number of benzene rings is 2. The van der Waals surface area contributed by atoms with Crippen molar-refractivity contribution in [1.82, 2.24) is 15.0 Å². The van der Waals surface area contributed by atoms with E-state index in [1.165, 1.54) is 4.80 Å². The van der Waals surface area contributed by atoms with Crippen molar-refractivity contribution in [3.8, 4) is 11.4 Å². The molecule has 1 N–H and O–H groups in total. The molecule has 0 aliphatic rings. The number of aromatic hydroxyl groups is 1. The molecule has 0 fully saturated rings. The first kappa shape index (κ1) is 18.6. The molecule has 6 heteroatoms. The number of phenolic OH excluding ortho intramolecular Hbond substituents is 1. The summed E-state index contributed by atoms with van der Waals surface area (Å²) in [5.41, 5.74) is 5.36. The predicted molar refractivity (Wildman–Crippen MR) is 104 cm³/mol. The Balaban J connectivity index is 1.81. The first-order valence-corrected chi connectivity index (χ1v) is 8.84. The van der Waals surface area contributed by atoms with Gasteiger partial charge in [0.25, 0.3) is 0 Å². The second-order valence-electron chi connectivity index (χ2n) is 6.78. The number of fused-ring (bicyclic) bond motifs is 1. The van der Waals surface area contributed by atoms with Crippen molar-refractivity contribution in [3.05, 3.63) is 59.2 Å². The van der Waals surface area contributed by atoms with Crippen LogP contribution in [0.15, 0.2) is 42.5 Å². The highest BCUT2D eigenvalue weighted by atomic mass is 16.5. The molecule has 140 valence electrons. The van der Waals surface area contributed by atoms with Crippen molar-refractivity contribution in [3.63, 3.8) is 0 Å². The highest BCUT2D eigenvalue weighted by Crippen LogP contribution is 2.28. The Hall–Kier alpha value is -3.15. The highest BCUT2D eigenvalue weighted by molar-refractivity contribution is 5.86. The molecule has 0 radical (unpaired) electrons. The van der Waals surface area contributed by atoms with Gasteiger partial charge in [-0.1, -0.05) is 18.7 Å². The van der Waals surface area contributed by atoms with Crippen LogP contribution in [-0.4, -0.2) is 32.7 Å². The summed E-state index contributed by atoms with van der Waals surface area (Å²) in [5, 5.41) is 19.4. The molecule has 0 aliphatic heterocycles. The van der Waals surface area contributed by atoms with Crippen molar-refractivity contribution in [2.24, 2.45) is 0 Å². The van der Waals surface area contributed by atoms with Gasteiger partial charge in [0, 0.05) is 5.57 Å². The second-order valence-corrected chi connectivity index (χ2v) is 6.78. The van der Waals surface area contributed by atoms with Crippen LogP contribution in [0.3, 0.4) is 0 Å². The van der Waals surface area contributed by atoms with E-state index < -0.39 is 0 Å². The van der Waals surface area contributed by atoms with Gasteiger partial charge in [-0.15, -0.1) is 15.0 Å². The third-order valence-corrected chi connectivity index (χ3v) is 4.28. The molecule has 0 amide bonds. The van der Waals surface area contributed by atoms with E-state index >= 15 is 0 Å². The Morgan fingerprint density at radius 2 is 1.93 bits per heavy atom. The van der Waals surface area contributed by atoms with Crippen molar-refractivity contribution in [2.45, 2.75) is 33.6 Å². The number of aromatic nitrogens is 3. The summed E-state index contributed by atoms with van der Waals surface area (Å²) in [7, 11) is 0. The number of aryl methyl sites for hydroxylation is 3. The number of hydrogen-bond donors (Lipinski definition) is 1. The third-order valence-electron chi connectivity index (χ3n) is 4.28. The lowest BCUT2D eigenvalue weighted by atomic mass is 10.0. The summed E-state index contributed by atoms with van der Waals surface area (Å²) in [6.45, 7) is 9.36. The molecule has 0 saturated heterocycles. The Kier molecular flexibility index (Phi) is 5.26. The predicted octanol–water partition coefficient (Wildman–Crippen LogP) is 3.79. The van der Waals surface area contributed by atoms with E-state index in [1.54, 1.807) is 6.92 Å². The average Bonchev–Trinajstić information content (AvgIpc) is 3.03. The molecule has 0 aliphatic carbocycles. The molecular weight excluding hydrogens is 342 g/mol. The number of carbonyl (C=O) groups excluding carboxylic acids is 1. The number of rotatable bonds is 6. The molecule has 27 heavy (non-hydrogen) atoms. The van der Waals surface area contributed by atoms with E-state index in [0.717, 1.165) is 27.7 Å². The number of nitrogens with zero attached hydrogens (tertiary/aromatic N) is 3. The number of esters is 1. The zero-order valence-electron chi connectivity index (χ0n) is 15.8. The SMILES string of the molecule is C=C(C)C(=O)OCCCc1cc(C)c(O)c(-n2nc3ccc(C)cc3n2)c1. The van der Waals surface area contributed by atoms with E-state index in [-0.39, 0.29) is 11.7 Å². The summed E-state index contributed by atoms with van der Waals surface area (Å²) >= 11 is 0. The van der Waals surface area contributed by atoms with Crippen LogP contribution in [0.2, 0.25) is 0 Å². The minimum absolute atomic E-state index is 0.157. The van der Waals surface area contributed by atoms with Crippen molar-refractivity contribution in [2.75, 3.05) is 6.61 Å². The largest absolute Gasteiger partial charge is 0.505 e. The van der Waals surface area contributed by atoms with Gasteiger partial charge >= 0.3 is 5.97 Å². The van der Waals surface area contributed by atoms with Gasteiger partial charge < -0.3 is 9.84 Å². The molecule has 6 nitrogen and oxygen atoms in total. The summed E-state index contributed by atoms with van der Waals surface area (Å²) in [4.78, 5) is 12.9. The summed E-state index contributed by atoms with van der Waals surface area (Å²) in [6, 6.07) is 9.65. The smallest absolute Gasteiger partial charge is 0.333 e. The van der Waals surface area contributed by atoms with Crippen molar-refractivity contribution in [1.29, 1.82) is 0 Å². The first-order valence-electron chi connectivity index (χ1n) is 8.84. The Bertz CT molecular complexity index is 1020. The van der Waals surface area contributed by atoms with E-state index in [1.807, 2.05) is 44.2 Å². The minimum atomic E-state index is -0.375. The van der Waals surface area contributed by atoms with Gasteiger partial charge in [-0.2, -0.15) is 0 Å². The maximum atomic E-state index is 11.4. The summed E-state index contributed by atoms with van der Waals surface area (Å²) < 4.78 is 5.13. The minimum Gasteiger partial charge on any atom is -0.505 e. The van der Waals surface area contributed by atoms with Crippen molar-refractivity contribution >= 4 is 17.0 Å². The lowest BCUT2D eigenvalue weighted by molar-refractivity contribution is -0.139. The molecule has 0 spiro atoms. The highest BCUT2D eigenvalue weighted by Gasteiger charge is 2.13. The maximum absolute atomic E-state index is 11.4.